The molecule has 17 heavy (non-hydrogen) atoms. The van der Waals surface area contributed by atoms with Crippen LogP contribution in [0.2, 0.25) is 0 Å². The fourth-order valence-electron chi connectivity index (χ4n) is 1.27. The zero-order chi connectivity index (χ0) is 12.7. The third kappa shape index (κ3) is 4.54. The van der Waals surface area contributed by atoms with Crippen LogP contribution in [-0.2, 0) is 0 Å². The van der Waals surface area contributed by atoms with E-state index in [0.717, 1.165) is 23.0 Å². The minimum atomic E-state index is -0.227. The summed E-state index contributed by atoms with van der Waals surface area (Å²) in [6.45, 7) is 0. The van der Waals surface area contributed by atoms with Crippen molar-refractivity contribution in [3.8, 4) is 0 Å². The summed E-state index contributed by atoms with van der Waals surface area (Å²) >= 11 is 3.39. The summed E-state index contributed by atoms with van der Waals surface area (Å²) < 4.78 is 13.7. The van der Waals surface area contributed by atoms with Crippen molar-refractivity contribution in [1.82, 2.24) is 0 Å². The molecule has 4 heteroatoms. The van der Waals surface area contributed by atoms with E-state index in [0.29, 0.717) is 0 Å². The summed E-state index contributed by atoms with van der Waals surface area (Å²) in [4.78, 5) is 0. The molecule has 0 unspecified atom stereocenters. The molecule has 0 saturated carbocycles. The Hall–Kier alpha value is -1.39. The molecule has 0 atom stereocenters. The number of hydrogen-bond donors (Lipinski definition) is 2. The highest BCUT2D eigenvalue weighted by atomic mass is 79.9. The van der Waals surface area contributed by atoms with Crippen molar-refractivity contribution in [2.45, 2.75) is 0 Å². The second-order valence-electron chi connectivity index (χ2n) is 3.14. The lowest BCUT2D eigenvalue weighted by Crippen LogP contribution is -1.89. The summed E-state index contributed by atoms with van der Waals surface area (Å²) in [5.74, 6) is -0.227. The maximum absolute atomic E-state index is 12.7. The van der Waals surface area contributed by atoms with Crippen molar-refractivity contribution < 1.29 is 9.50 Å². The molecule has 2 N–H and O–H groups in total. The predicted molar refractivity (Wildman–Crippen MR) is 72.0 cm³/mol. The molecular formula is C13H13BrFNO. The molecule has 0 amide bonds. The normalized spacial score (nSPS) is 9.18. The Balaban J connectivity index is 0.000000686. The van der Waals surface area contributed by atoms with Crippen LogP contribution in [0.1, 0.15) is 0 Å². The number of benzene rings is 2. The van der Waals surface area contributed by atoms with Gasteiger partial charge < -0.3 is 10.4 Å². The van der Waals surface area contributed by atoms with Crippen LogP contribution in [0.3, 0.4) is 0 Å². The van der Waals surface area contributed by atoms with Gasteiger partial charge in [0.1, 0.15) is 5.82 Å². The van der Waals surface area contributed by atoms with Crippen LogP contribution in [-0.4, -0.2) is 12.2 Å². The molecule has 90 valence electrons. The fourth-order valence-corrected chi connectivity index (χ4v) is 1.67. The van der Waals surface area contributed by atoms with Gasteiger partial charge in [-0.15, -0.1) is 0 Å². The Kier molecular flexibility index (Phi) is 5.66. The molecule has 2 rings (SSSR count). The summed E-state index contributed by atoms with van der Waals surface area (Å²) in [6.07, 6.45) is 0. The van der Waals surface area contributed by atoms with Crippen molar-refractivity contribution in [3.63, 3.8) is 0 Å². The summed E-state index contributed by atoms with van der Waals surface area (Å²) in [5.41, 5.74) is 1.84. The molecule has 0 saturated heterocycles. The van der Waals surface area contributed by atoms with E-state index in [9.17, 15) is 4.39 Å². The van der Waals surface area contributed by atoms with Crippen LogP contribution >= 0.6 is 15.9 Å². The molecule has 0 heterocycles. The minimum Gasteiger partial charge on any atom is -0.400 e. The first-order valence-electron chi connectivity index (χ1n) is 4.97. The number of hydrogen-bond acceptors (Lipinski definition) is 2. The Bertz CT molecular complexity index is 459. The quantitative estimate of drug-likeness (QED) is 0.880. The maximum atomic E-state index is 12.7. The highest BCUT2D eigenvalue weighted by molar-refractivity contribution is 9.10. The minimum absolute atomic E-state index is 0.227. The van der Waals surface area contributed by atoms with Gasteiger partial charge >= 0.3 is 0 Å². The highest BCUT2D eigenvalue weighted by Gasteiger charge is 1.95. The Morgan fingerprint density at radius 3 is 2.24 bits per heavy atom. The average molecular weight is 298 g/mol. The van der Waals surface area contributed by atoms with Crippen LogP contribution in [0.5, 0.6) is 0 Å². The third-order valence-electron chi connectivity index (χ3n) is 1.96. The zero-order valence-electron chi connectivity index (χ0n) is 9.32. The topological polar surface area (TPSA) is 32.3 Å². The van der Waals surface area contributed by atoms with E-state index in [1.807, 2.05) is 24.3 Å². The Morgan fingerprint density at radius 2 is 1.65 bits per heavy atom. The third-order valence-corrected chi connectivity index (χ3v) is 2.45. The average Bonchev–Trinajstić information content (AvgIpc) is 2.35. The smallest absolute Gasteiger partial charge is 0.123 e. The van der Waals surface area contributed by atoms with Gasteiger partial charge in [-0.25, -0.2) is 4.39 Å². The number of aliphatic hydroxyl groups is 1. The lowest BCUT2D eigenvalue weighted by Gasteiger charge is -2.06. The van der Waals surface area contributed by atoms with Gasteiger partial charge in [-0.05, 0) is 42.5 Å². The van der Waals surface area contributed by atoms with Gasteiger partial charge in [-0.3, -0.25) is 0 Å². The lowest BCUT2D eigenvalue weighted by atomic mass is 10.2. The fraction of sp³-hybridized carbons (Fsp3) is 0.0769. The molecular weight excluding hydrogens is 285 g/mol. The molecule has 2 nitrogen and oxygen atoms in total. The van der Waals surface area contributed by atoms with Gasteiger partial charge in [0.2, 0.25) is 0 Å². The van der Waals surface area contributed by atoms with Crippen molar-refractivity contribution in [2.75, 3.05) is 12.4 Å². The Labute approximate surface area is 108 Å². The molecule has 0 radical (unpaired) electrons. The van der Waals surface area contributed by atoms with Gasteiger partial charge in [-0.1, -0.05) is 22.0 Å². The standard InChI is InChI=1S/C12H9BrFN.CH4O/c13-9-2-1-3-12(8-9)15-11-6-4-10(14)5-7-11;1-2/h1-8,15H;2H,1H3. The second kappa shape index (κ2) is 7.04. The van der Waals surface area contributed by atoms with Crippen LogP contribution < -0.4 is 5.32 Å². The van der Waals surface area contributed by atoms with Crippen LogP contribution in [0.4, 0.5) is 15.8 Å². The van der Waals surface area contributed by atoms with E-state index < -0.39 is 0 Å². The van der Waals surface area contributed by atoms with E-state index in [1.165, 1.54) is 12.1 Å². The van der Waals surface area contributed by atoms with Crippen molar-refractivity contribution in [3.05, 3.63) is 58.8 Å². The predicted octanol–water partition coefficient (Wildman–Crippen LogP) is 3.94. The van der Waals surface area contributed by atoms with E-state index in [2.05, 4.69) is 21.2 Å². The number of nitrogens with one attached hydrogen (secondary N) is 1. The van der Waals surface area contributed by atoms with Crippen molar-refractivity contribution in [2.24, 2.45) is 0 Å². The largest absolute Gasteiger partial charge is 0.400 e. The number of anilines is 2. The number of halogens is 2. The van der Waals surface area contributed by atoms with E-state index in [4.69, 9.17) is 5.11 Å². The molecule has 2 aromatic carbocycles. The first-order valence-corrected chi connectivity index (χ1v) is 5.76. The van der Waals surface area contributed by atoms with E-state index >= 15 is 0 Å². The molecule has 0 fully saturated rings. The van der Waals surface area contributed by atoms with Crippen LogP contribution in [0, 0.1) is 5.82 Å². The first kappa shape index (κ1) is 13.7. The monoisotopic (exact) mass is 297 g/mol. The van der Waals surface area contributed by atoms with Gasteiger partial charge in [0.15, 0.2) is 0 Å². The lowest BCUT2D eigenvalue weighted by molar-refractivity contribution is 0.399. The van der Waals surface area contributed by atoms with E-state index in [1.54, 1.807) is 12.1 Å². The first-order chi connectivity index (χ1) is 8.24. The summed E-state index contributed by atoms with van der Waals surface area (Å²) in [5, 5.41) is 10.2. The highest BCUT2D eigenvalue weighted by Crippen LogP contribution is 2.20. The molecule has 0 spiro atoms. The molecule has 2 aromatic rings. The molecule has 0 aromatic heterocycles. The van der Waals surface area contributed by atoms with E-state index in [-0.39, 0.29) is 5.82 Å². The zero-order valence-corrected chi connectivity index (χ0v) is 10.9. The van der Waals surface area contributed by atoms with Gasteiger partial charge in [0, 0.05) is 23.0 Å². The van der Waals surface area contributed by atoms with Crippen molar-refractivity contribution in [1.29, 1.82) is 0 Å². The van der Waals surface area contributed by atoms with Gasteiger partial charge in [0.05, 0.1) is 0 Å². The maximum Gasteiger partial charge on any atom is 0.123 e. The summed E-state index contributed by atoms with van der Waals surface area (Å²) in [7, 11) is 1.00. The molecule has 0 aliphatic heterocycles. The molecule has 0 aliphatic carbocycles. The SMILES string of the molecule is CO.Fc1ccc(Nc2cccc(Br)c2)cc1. The van der Waals surface area contributed by atoms with Crippen LogP contribution in [0.25, 0.3) is 0 Å². The number of rotatable bonds is 2. The van der Waals surface area contributed by atoms with Crippen LogP contribution in [0.15, 0.2) is 53.0 Å². The van der Waals surface area contributed by atoms with Crippen molar-refractivity contribution >= 4 is 27.3 Å². The molecule has 0 bridgehead atoms. The van der Waals surface area contributed by atoms with Gasteiger partial charge in [-0.2, -0.15) is 0 Å². The number of aliphatic hydroxyl groups excluding tert-OH is 1. The molecule has 0 aliphatic rings. The van der Waals surface area contributed by atoms with Gasteiger partial charge in [0.25, 0.3) is 0 Å². The second-order valence-corrected chi connectivity index (χ2v) is 4.06. The summed E-state index contributed by atoms with van der Waals surface area (Å²) in [6, 6.07) is 14.1. The Morgan fingerprint density at radius 1 is 1.00 bits per heavy atom.